The predicted molar refractivity (Wildman–Crippen MR) is 113 cm³/mol. The van der Waals surface area contributed by atoms with Crippen molar-refractivity contribution in [3.05, 3.63) is 0 Å². The highest BCUT2D eigenvalue weighted by atomic mass is 14.6. The maximum Gasteiger partial charge on any atom is -0.0261 e. The smallest absolute Gasteiger partial charge is 0.0261 e. The van der Waals surface area contributed by atoms with Gasteiger partial charge >= 0.3 is 0 Å². The van der Waals surface area contributed by atoms with Crippen LogP contribution >= 0.6 is 0 Å². The van der Waals surface area contributed by atoms with Crippen LogP contribution in [0.5, 0.6) is 0 Å². The van der Waals surface area contributed by atoms with Crippen LogP contribution in [0.4, 0.5) is 0 Å². The Labute approximate surface area is 164 Å². The van der Waals surface area contributed by atoms with Crippen molar-refractivity contribution in [1.82, 2.24) is 0 Å². The van der Waals surface area contributed by atoms with Crippen LogP contribution in [0, 0.1) is 40.4 Å². The third-order valence-electron chi connectivity index (χ3n) is 10.1. The Morgan fingerprint density at radius 2 is 1.23 bits per heavy atom. The van der Waals surface area contributed by atoms with Gasteiger partial charge in [0.15, 0.2) is 0 Å². The average molecular weight is 359 g/mol. The first-order valence-corrected chi connectivity index (χ1v) is 12.5. The van der Waals surface area contributed by atoms with Gasteiger partial charge in [0.1, 0.15) is 0 Å². The summed E-state index contributed by atoms with van der Waals surface area (Å²) in [7, 11) is 0. The first kappa shape index (κ1) is 19.3. The third kappa shape index (κ3) is 3.53. The lowest BCUT2D eigenvalue weighted by Crippen LogP contribution is -2.36. The molecule has 0 nitrogen and oxygen atoms in total. The normalized spacial score (nSPS) is 44.0. The number of fused-ring (bicyclic) bond motifs is 1. The number of hydrogen-bond acceptors (Lipinski definition) is 0. The van der Waals surface area contributed by atoms with E-state index in [1.54, 1.807) is 38.5 Å². The van der Waals surface area contributed by atoms with Crippen molar-refractivity contribution in [3.63, 3.8) is 0 Å². The summed E-state index contributed by atoms with van der Waals surface area (Å²) >= 11 is 0. The summed E-state index contributed by atoms with van der Waals surface area (Å²) in [5.41, 5.74) is 1.32. The summed E-state index contributed by atoms with van der Waals surface area (Å²) in [4.78, 5) is 0. The molecule has 26 heavy (non-hydrogen) atoms. The lowest BCUT2D eigenvalue weighted by atomic mass is 9.61. The van der Waals surface area contributed by atoms with Crippen LogP contribution in [0.1, 0.15) is 124 Å². The van der Waals surface area contributed by atoms with Gasteiger partial charge in [-0.25, -0.2) is 0 Å². The van der Waals surface area contributed by atoms with Crippen LogP contribution in [0.3, 0.4) is 0 Å². The van der Waals surface area contributed by atoms with E-state index in [9.17, 15) is 0 Å². The summed E-state index contributed by atoms with van der Waals surface area (Å²) in [6.45, 7) is 8.15. The number of rotatable bonds is 4. The van der Waals surface area contributed by atoms with Gasteiger partial charge in [0, 0.05) is 0 Å². The maximum absolute atomic E-state index is 2.77. The van der Waals surface area contributed by atoms with Crippen LogP contribution in [0.15, 0.2) is 0 Å². The fourth-order valence-corrected chi connectivity index (χ4v) is 8.92. The molecular formula is C26H46. The lowest BCUT2D eigenvalue weighted by molar-refractivity contribution is 0.0530. The second kappa shape index (κ2) is 7.79. The summed E-state index contributed by atoms with van der Waals surface area (Å²) in [6, 6.07) is 0. The molecule has 5 unspecified atom stereocenters. The van der Waals surface area contributed by atoms with Crippen molar-refractivity contribution < 1.29 is 0 Å². The minimum atomic E-state index is 0.647. The second-order valence-electron chi connectivity index (χ2n) is 11.7. The summed E-state index contributed by atoms with van der Waals surface area (Å²) in [5, 5.41) is 0. The largest absolute Gasteiger partial charge is 0.0622 e. The Morgan fingerprint density at radius 3 is 1.88 bits per heavy atom. The van der Waals surface area contributed by atoms with Gasteiger partial charge in [0.25, 0.3) is 0 Å². The molecule has 0 heteroatoms. The zero-order valence-electron chi connectivity index (χ0n) is 18.2. The van der Waals surface area contributed by atoms with E-state index in [0.717, 1.165) is 29.6 Å². The van der Waals surface area contributed by atoms with Gasteiger partial charge in [-0.3, -0.25) is 0 Å². The van der Waals surface area contributed by atoms with Gasteiger partial charge in [-0.2, -0.15) is 0 Å². The van der Waals surface area contributed by atoms with Crippen molar-refractivity contribution in [2.24, 2.45) is 40.4 Å². The zero-order chi connectivity index (χ0) is 18.2. The molecule has 0 aromatic carbocycles. The molecule has 4 fully saturated rings. The molecule has 0 heterocycles. The SMILES string of the molecule is CC(CC1(C)CC(C)(C2CCCCC2)C2CCCCC21)C1CCCCC1. The summed E-state index contributed by atoms with van der Waals surface area (Å²) in [6.07, 6.45) is 24.5. The molecule has 4 aliphatic carbocycles. The average Bonchev–Trinajstić information content (AvgIpc) is 2.92. The van der Waals surface area contributed by atoms with Crippen molar-refractivity contribution in [1.29, 1.82) is 0 Å². The highest BCUT2D eigenvalue weighted by molar-refractivity contribution is 5.08. The van der Waals surface area contributed by atoms with E-state index in [-0.39, 0.29) is 0 Å². The first-order chi connectivity index (χ1) is 12.5. The van der Waals surface area contributed by atoms with E-state index in [0.29, 0.717) is 10.8 Å². The van der Waals surface area contributed by atoms with Gasteiger partial charge < -0.3 is 0 Å². The maximum atomic E-state index is 2.77. The molecule has 4 saturated carbocycles. The van der Waals surface area contributed by atoms with Crippen molar-refractivity contribution in [3.8, 4) is 0 Å². The van der Waals surface area contributed by atoms with E-state index in [4.69, 9.17) is 0 Å². The van der Waals surface area contributed by atoms with E-state index in [1.165, 1.54) is 64.2 Å². The van der Waals surface area contributed by atoms with Crippen molar-refractivity contribution in [2.45, 2.75) is 124 Å². The molecule has 0 N–H and O–H groups in total. The molecule has 150 valence electrons. The zero-order valence-corrected chi connectivity index (χ0v) is 18.2. The molecule has 0 aromatic rings. The van der Waals surface area contributed by atoms with Crippen LogP contribution in [0.25, 0.3) is 0 Å². The van der Waals surface area contributed by atoms with Gasteiger partial charge in [-0.15, -0.1) is 0 Å². The van der Waals surface area contributed by atoms with Crippen LogP contribution in [-0.4, -0.2) is 0 Å². The highest BCUT2D eigenvalue weighted by Gasteiger charge is 2.59. The van der Waals surface area contributed by atoms with E-state index < -0.39 is 0 Å². The summed E-state index contributed by atoms with van der Waals surface area (Å²) < 4.78 is 0. The Balaban J connectivity index is 1.52. The Kier molecular flexibility index (Phi) is 5.79. The molecule has 0 radical (unpaired) electrons. The van der Waals surface area contributed by atoms with Gasteiger partial charge in [0.05, 0.1) is 0 Å². The Morgan fingerprint density at radius 1 is 0.692 bits per heavy atom. The Bertz CT molecular complexity index is 455. The predicted octanol–water partition coefficient (Wildman–Crippen LogP) is 8.40. The number of hydrogen-bond donors (Lipinski definition) is 0. The van der Waals surface area contributed by atoms with Crippen LogP contribution in [-0.2, 0) is 0 Å². The molecule has 0 bridgehead atoms. The highest BCUT2D eigenvalue weighted by Crippen LogP contribution is 2.67. The topological polar surface area (TPSA) is 0 Å². The minimum absolute atomic E-state index is 0.647. The molecule has 0 aromatic heterocycles. The molecule has 4 rings (SSSR count). The molecule has 0 amide bonds. The molecule has 5 atom stereocenters. The van der Waals surface area contributed by atoms with E-state index in [2.05, 4.69) is 20.8 Å². The van der Waals surface area contributed by atoms with Gasteiger partial charge in [0.2, 0.25) is 0 Å². The second-order valence-corrected chi connectivity index (χ2v) is 11.7. The fraction of sp³-hybridized carbons (Fsp3) is 1.00. The fourth-order valence-electron chi connectivity index (χ4n) is 8.92. The first-order valence-electron chi connectivity index (χ1n) is 12.5. The van der Waals surface area contributed by atoms with E-state index >= 15 is 0 Å². The summed E-state index contributed by atoms with van der Waals surface area (Å²) in [5.74, 6) is 5.17. The third-order valence-corrected chi connectivity index (χ3v) is 10.1. The van der Waals surface area contributed by atoms with Crippen LogP contribution in [0.2, 0.25) is 0 Å². The standard InChI is InChI=1S/C26H46/c1-20(21-12-6-4-7-13-21)18-25(2)19-26(3,22-14-8-5-9-15-22)24-17-11-10-16-23(24)25/h20-24H,4-19H2,1-3H3. The minimum Gasteiger partial charge on any atom is -0.0622 e. The monoisotopic (exact) mass is 358 g/mol. The lowest BCUT2D eigenvalue weighted by Gasteiger charge is -2.44. The molecular weight excluding hydrogens is 312 g/mol. The molecule has 0 saturated heterocycles. The van der Waals surface area contributed by atoms with Crippen LogP contribution < -0.4 is 0 Å². The van der Waals surface area contributed by atoms with Gasteiger partial charge in [-0.05, 0) is 78.9 Å². The quantitative estimate of drug-likeness (QED) is 0.473. The molecule has 4 aliphatic rings. The van der Waals surface area contributed by atoms with Gasteiger partial charge in [-0.1, -0.05) is 85.0 Å². The molecule has 0 aliphatic heterocycles. The Hall–Kier alpha value is 0. The van der Waals surface area contributed by atoms with Crippen molar-refractivity contribution >= 4 is 0 Å². The molecule has 0 spiro atoms. The van der Waals surface area contributed by atoms with E-state index in [1.807, 2.05) is 0 Å². The van der Waals surface area contributed by atoms with Crippen molar-refractivity contribution in [2.75, 3.05) is 0 Å².